The van der Waals surface area contributed by atoms with Gasteiger partial charge in [-0.2, -0.15) is 0 Å². The van der Waals surface area contributed by atoms with E-state index in [-0.39, 0.29) is 5.91 Å². The number of carbonyl (C=O) groups is 2. The van der Waals surface area contributed by atoms with Crippen molar-refractivity contribution in [3.8, 4) is 0 Å². The molecule has 0 heterocycles. The third-order valence-electron chi connectivity index (χ3n) is 3.45. The van der Waals surface area contributed by atoms with E-state index in [1.54, 1.807) is 75.4 Å². The van der Waals surface area contributed by atoms with Crippen LogP contribution in [0.4, 0.5) is 0 Å². The van der Waals surface area contributed by atoms with Gasteiger partial charge in [0.2, 0.25) is 0 Å². The number of esters is 1. The van der Waals surface area contributed by atoms with Crippen LogP contribution in [0.2, 0.25) is 0 Å². The number of hydrogen-bond acceptors (Lipinski definition) is 4. The maximum Gasteiger partial charge on any atom is 0.338 e. The highest BCUT2D eigenvalue weighted by Gasteiger charge is 2.32. The minimum absolute atomic E-state index is 0.378. The zero-order chi connectivity index (χ0) is 18.4. The van der Waals surface area contributed by atoms with Crippen LogP contribution in [-0.4, -0.2) is 28.7 Å². The van der Waals surface area contributed by atoms with E-state index in [1.807, 2.05) is 6.07 Å². The molecule has 5 nitrogen and oxygen atoms in total. The van der Waals surface area contributed by atoms with Crippen molar-refractivity contribution in [1.82, 2.24) is 5.32 Å². The van der Waals surface area contributed by atoms with Crippen molar-refractivity contribution in [3.05, 3.63) is 71.8 Å². The molecule has 0 aliphatic heterocycles. The predicted octanol–water partition coefficient (Wildman–Crippen LogP) is 2.86. The first-order valence-corrected chi connectivity index (χ1v) is 8.10. The summed E-state index contributed by atoms with van der Waals surface area (Å²) in [6, 6.07) is 16.6. The molecule has 132 valence electrons. The fraction of sp³-hybridized carbons (Fsp3) is 0.300. The molecule has 0 aliphatic rings. The number of aliphatic hydroxyl groups excluding tert-OH is 1. The minimum Gasteiger partial charge on any atom is -0.458 e. The number of hydrogen-bond donors (Lipinski definition) is 2. The van der Waals surface area contributed by atoms with Gasteiger partial charge in [0.1, 0.15) is 5.60 Å². The van der Waals surface area contributed by atoms with E-state index < -0.39 is 23.7 Å². The van der Waals surface area contributed by atoms with E-state index in [0.29, 0.717) is 11.1 Å². The summed E-state index contributed by atoms with van der Waals surface area (Å²) in [5, 5.41) is 13.2. The molecule has 25 heavy (non-hydrogen) atoms. The van der Waals surface area contributed by atoms with Gasteiger partial charge in [-0.3, -0.25) is 4.79 Å². The van der Waals surface area contributed by atoms with Gasteiger partial charge in [-0.1, -0.05) is 48.5 Å². The van der Waals surface area contributed by atoms with Crippen molar-refractivity contribution in [1.29, 1.82) is 0 Å². The molecule has 0 aliphatic carbocycles. The first kappa shape index (κ1) is 18.7. The molecule has 2 aromatic carbocycles. The van der Waals surface area contributed by atoms with Crippen LogP contribution in [-0.2, 0) is 9.53 Å². The Morgan fingerprint density at radius 2 is 1.48 bits per heavy atom. The van der Waals surface area contributed by atoms with E-state index in [4.69, 9.17) is 4.74 Å². The number of nitrogens with one attached hydrogen (secondary N) is 1. The lowest BCUT2D eigenvalue weighted by Gasteiger charge is -2.27. The number of amides is 1. The Bertz CT molecular complexity index is 707. The van der Waals surface area contributed by atoms with Crippen LogP contribution < -0.4 is 5.32 Å². The second-order valence-electron chi connectivity index (χ2n) is 6.71. The maximum absolute atomic E-state index is 12.5. The van der Waals surface area contributed by atoms with Crippen LogP contribution in [0.15, 0.2) is 60.7 Å². The van der Waals surface area contributed by atoms with Crippen LogP contribution in [0, 0.1) is 0 Å². The SMILES string of the molecule is CC(C)(C)OC(=O)[C@@H](O)[C@@H](NC(=O)c1ccccc1)c1ccccc1. The third-order valence-corrected chi connectivity index (χ3v) is 3.45. The van der Waals surface area contributed by atoms with E-state index in [2.05, 4.69) is 5.32 Å². The molecule has 2 atom stereocenters. The van der Waals surface area contributed by atoms with Gasteiger partial charge in [0.25, 0.3) is 5.91 Å². The summed E-state index contributed by atoms with van der Waals surface area (Å²) >= 11 is 0. The molecule has 0 unspecified atom stereocenters. The Morgan fingerprint density at radius 1 is 0.960 bits per heavy atom. The van der Waals surface area contributed by atoms with Gasteiger partial charge in [0, 0.05) is 5.56 Å². The molecule has 2 rings (SSSR count). The Morgan fingerprint density at radius 3 is 2.00 bits per heavy atom. The lowest BCUT2D eigenvalue weighted by Crippen LogP contribution is -2.43. The van der Waals surface area contributed by atoms with E-state index >= 15 is 0 Å². The second kappa shape index (κ2) is 7.94. The second-order valence-corrected chi connectivity index (χ2v) is 6.71. The molecule has 5 heteroatoms. The number of benzene rings is 2. The van der Waals surface area contributed by atoms with Crippen LogP contribution in [0.1, 0.15) is 42.7 Å². The van der Waals surface area contributed by atoms with Crippen molar-refractivity contribution < 1.29 is 19.4 Å². The first-order valence-electron chi connectivity index (χ1n) is 8.10. The fourth-order valence-corrected chi connectivity index (χ4v) is 2.32. The summed E-state index contributed by atoms with van der Waals surface area (Å²) in [5.74, 6) is -1.16. The lowest BCUT2D eigenvalue weighted by atomic mass is 10.0. The largest absolute Gasteiger partial charge is 0.458 e. The third kappa shape index (κ3) is 5.43. The van der Waals surface area contributed by atoms with Gasteiger partial charge in [-0.25, -0.2) is 4.79 Å². The Labute approximate surface area is 147 Å². The summed E-state index contributed by atoms with van der Waals surface area (Å²) in [6.45, 7) is 5.16. The predicted molar refractivity (Wildman–Crippen MR) is 94.9 cm³/mol. The molecule has 2 N–H and O–H groups in total. The van der Waals surface area contributed by atoms with E-state index in [9.17, 15) is 14.7 Å². The Kier molecular flexibility index (Phi) is 5.93. The summed E-state index contributed by atoms with van der Waals surface area (Å²) in [5.41, 5.74) is 0.327. The van der Waals surface area contributed by atoms with E-state index in [1.165, 1.54) is 0 Å². The monoisotopic (exact) mass is 341 g/mol. The van der Waals surface area contributed by atoms with Crippen molar-refractivity contribution in [2.24, 2.45) is 0 Å². The highest BCUT2D eigenvalue weighted by molar-refractivity contribution is 5.94. The fourth-order valence-electron chi connectivity index (χ4n) is 2.32. The van der Waals surface area contributed by atoms with Gasteiger partial charge in [0.15, 0.2) is 6.10 Å². The van der Waals surface area contributed by atoms with Crippen LogP contribution in [0.5, 0.6) is 0 Å². The quantitative estimate of drug-likeness (QED) is 0.820. The summed E-state index contributed by atoms with van der Waals surface area (Å²) in [6.07, 6.45) is -1.52. The average molecular weight is 341 g/mol. The molecule has 0 saturated heterocycles. The lowest BCUT2D eigenvalue weighted by molar-refractivity contribution is -0.166. The smallest absolute Gasteiger partial charge is 0.338 e. The molecule has 0 aromatic heterocycles. The van der Waals surface area contributed by atoms with Crippen LogP contribution in [0.3, 0.4) is 0 Å². The number of aliphatic hydroxyl groups is 1. The van der Waals surface area contributed by atoms with Gasteiger partial charge < -0.3 is 15.2 Å². The van der Waals surface area contributed by atoms with E-state index in [0.717, 1.165) is 0 Å². The summed E-state index contributed by atoms with van der Waals surface area (Å²) in [7, 11) is 0. The Hall–Kier alpha value is -2.66. The van der Waals surface area contributed by atoms with Gasteiger partial charge in [0.05, 0.1) is 6.04 Å². The molecular weight excluding hydrogens is 318 g/mol. The van der Waals surface area contributed by atoms with Crippen molar-refractivity contribution >= 4 is 11.9 Å². The van der Waals surface area contributed by atoms with Crippen molar-refractivity contribution in [2.45, 2.75) is 38.5 Å². The highest BCUT2D eigenvalue weighted by atomic mass is 16.6. The number of rotatable bonds is 5. The highest BCUT2D eigenvalue weighted by Crippen LogP contribution is 2.21. The molecule has 0 saturated carbocycles. The number of carbonyl (C=O) groups excluding carboxylic acids is 2. The van der Waals surface area contributed by atoms with Gasteiger partial charge in [-0.15, -0.1) is 0 Å². The molecule has 0 radical (unpaired) electrons. The van der Waals surface area contributed by atoms with Gasteiger partial charge >= 0.3 is 5.97 Å². The first-order chi connectivity index (χ1) is 11.8. The summed E-state index contributed by atoms with van der Waals surface area (Å²) < 4.78 is 5.25. The minimum atomic E-state index is -1.52. The average Bonchev–Trinajstić information content (AvgIpc) is 2.59. The standard InChI is InChI=1S/C20H23NO4/c1-20(2,3)25-19(24)17(22)16(14-10-6-4-7-11-14)21-18(23)15-12-8-5-9-13-15/h4-13,16-17,22H,1-3H3,(H,21,23)/t16-,17-/m0/s1. The molecule has 0 bridgehead atoms. The zero-order valence-electron chi connectivity index (χ0n) is 14.6. The van der Waals surface area contributed by atoms with Crippen LogP contribution in [0.25, 0.3) is 0 Å². The van der Waals surface area contributed by atoms with Gasteiger partial charge in [-0.05, 0) is 38.5 Å². The maximum atomic E-state index is 12.5. The molecule has 2 aromatic rings. The van der Waals surface area contributed by atoms with Crippen molar-refractivity contribution in [3.63, 3.8) is 0 Å². The Balaban J connectivity index is 2.25. The molecule has 1 amide bonds. The molecule has 0 fully saturated rings. The number of ether oxygens (including phenoxy) is 1. The summed E-state index contributed by atoms with van der Waals surface area (Å²) in [4.78, 5) is 24.7. The van der Waals surface area contributed by atoms with Crippen molar-refractivity contribution in [2.75, 3.05) is 0 Å². The molecule has 0 spiro atoms. The molecular formula is C20H23NO4. The normalized spacial score (nSPS) is 13.6. The zero-order valence-corrected chi connectivity index (χ0v) is 14.6. The topological polar surface area (TPSA) is 75.6 Å². The van der Waals surface area contributed by atoms with Crippen LogP contribution >= 0.6 is 0 Å².